The normalized spacial score (nSPS) is 20.0. The molecule has 34 heavy (non-hydrogen) atoms. The third-order valence-corrected chi connectivity index (χ3v) is 6.57. The first kappa shape index (κ1) is 24.0. The van der Waals surface area contributed by atoms with E-state index in [2.05, 4.69) is 20.2 Å². The van der Waals surface area contributed by atoms with Crippen LogP contribution < -0.4 is 10.2 Å². The van der Waals surface area contributed by atoms with Crippen molar-refractivity contribution < 1.29 is 18.4 Å². The van der Waals surface area contributed by atoms with Crippen LogP contribution in [-0.2, 0) is 16.1 Å². The summed E-state index contributed by atoms with van der Waals surface area (Å²) in [5.74, 6) is -0.924. The zero-order chi connectivity index (χ0) is 24.4. The quantitative estimate of drug-likeness (QED) is 0.696. The first-order valence-corrected chi connectivity index (χ1v) is 11.6. The number of hydrogen-bond donors (Lipinski definition) is 1. The van der Waals surface area contributed by atoms with Gasteiger partial charge in [0, 0.05) is 57.7 Å². The minimum atomic E-state index is -0.653. The second-order valence-electron chi connectivity index (χ2n) is 9.02. The van der Waals surface area contributed by atoms with Crippen LogP contribution in [0.3, 0.4) is 0 Å². The van der Waals surface area contributed by atoms with Crippen LogP contribution >= 0.6 is 0 Å². The molecule has 182 valence electrons. The molecule has 8 nitrogen and oxygen atoms in total. The molecule has 2 aromatic rings. The molecule has 1 aromatic carbocycles. The number of carbonyl (C=O) groups excluding carboxylic acids is 2. The van der Waals surface area contributed by atoms with Crippen molar-refractivity contribution in [3.05, 3.63) is 47.2 Å². The van der Waals surface area contributed by atoms with Gasteiger partial charge in [0.25, 0.3) is 0 Å². The van der Waals surface area contributed by atoms with Gasteiger partial charge in [-0.2, -0.15) is 4.98 Å². The Hall–Kier alpha value is -3.14. The number of anilines is 2. The van der Waals surface area contributed by atoms with E-state index in [-0.39, 0.29) is 41.5 Å². The van der Waals surface area contributed by atoms with Gasteiger partial charge in [-0.05, 0) is 31.9 Å². The summed E-state index contributed by atoms with van der Waals surface area (Å²) in [4.78, 5) is 37.2. The molecule has 3 heterocycles. The Morgan fingerprint density at radius 2 is 1.94 bits per heavy atom. The van der Waals surface area contributed by atoms with Crippen LogP contribution in [0.4, 0.5) is 20.5 Å². The van der Waals surface area contributed by atoms with Crippen molar-refractivity contribution in [1.29, 1.82) is 0 Å². The predicted octanol–water partition coefficient (Wildman–Crippen LogP) is 3.11. The lowest BCUT2D eigenvalue weighted by Crippen LogP contribution is -2.47. The zero-order valence-corrected chi connectivity index (χ0v) is 19.7. The molecule has 2 atom stereocenters. The Balaban J connectivity index is 1.41. The summed E-state index contributed by atoms with van der Waals surface area (Å²) >= 11 is 0. The second kappa shape index (κ2) is 10.0. The number of benzene rings is 1. The molecule has 2 aliphatic heterocycles. The Labute approximate surface area is 198 Å². The van der Waals surface area contributed by atoms with Crippen LogP contribution in [0.1, 0.15) is 50.8 Å². The number of amides is 2. The first-order valence-electron chi connectivity index (χ1n) is 11.6. The molecular formula is C24H30F2N6O2. The summed E-state index contributed by atoms with van der Waals surface area (Å²) in [6.07, 6.45) is 2.06. The van der Waals surface area contributed by atoms with E-state index in [9.17, 15) is 18.4 Å². The van der Waals surface area contributed by atoms with Gasteiger partial charge < -0.3 is 10.2 Å². The SMILES string of the molecule is CC(=O)N1CCN(Cc2ccc([C@H](C)Nc3ncc(F)c(N4C(=O)CC[C@H]4C)n3)cc2F)CC1. The molecule has 0 saturated carbocycles. The minimum absolute atomic E-state index is 0.0360. The van der Waals surface area contributed by atoms with E-state index in [1.807, 2.05) is 19.9 Å². The molecule has 0 spiro atoms. The van der Waals surface area contributed by atoms with E-state index in [4.69, 9.17) is 0 Å². The summed E-state index contributed by atoms with van der Waals surface area (Å²) < 4.78 is 29.2. The molecule has 2 fully saturated rings. The van der Waals surface area contributed by atoms with Gasteiger partial charge >= 0.3 is 0 Å². The van der Waals surface area contributed by atoms with Gasteiger partial charge in [-0.25, -0.2) is 13.8 Å². The van der Waals surface area contributed by atoms with Crippen LogP contribution in [0.2, 0.25) is 0 Å². The van der Waals surface area contributed by atoms with Gasteiger partial charge in [0.2, 0.25) is 17.8 Å². The molecule has 1 aromatic heterocycles. The number of aromatic nitrogens is 2. The Kier molecular flexibility index (Phi) is 7.06. The molecule has 10 heteroatoms. The number of piperazine rings is 1. The highest BCUT2D eigenvalue weighted by Gasteiger charge is 2.32. The lowest BCUT2D eigenvalue weighted by molar-refractivity contribution is -0.130. The van der Waals surface area contributed by atoms with Crippen molar-refractivity contribution in [3.8, 4) is 0 Å². The van der Waals surface area contributed by atoms with Gasteiger partial charge in [0.1, 0.15) is 5.82 Å². The van der Waals surface area contributed by atoms with Crippen molar-refractivity contribution in [1.82, 2.24) is 19.8 Å². The summed E-state index contributed by atoms with van der Waals surface area (Å²) in [7, 11) is 0. The molecule has 4 rings (SSSR count). The third-order valence-electron chi connectivity index (χ3n) is 6.57. The van der Waals surface area contributed by atoms with Gasteiger partial charge in [-0.3, -0.25) is 19.4 Å². The highest BCUT2D eigenvalue weighted by molar-refractivity contribution is 5.95. The lowest BCUT2D eigenvalue weighted by atomic mass is 10.0. The van der Waals surface area contributed by atoms with Crippen molar-refractivity contribution in [2.24, 2.45) is 0 Å². The first-order chi connectivity index (χ1) is 16.2. The number of halogens is 2. The highest BCUT2D eigenvalue weighted by Crippen LogP contribution is 2.28. The minimum Gasteiger partial charge on any atom is -0.348 e. The zero-order valence-electron chi connectivity index (χ0n) is 19.7. The average Bonchev–Trinajstić information content (AvgIpc) is 3.14. The fraction of sp³-hybridized carbons (Fsp3) is 0.500. The monoisotopic (exact) mass is 472 g/mol. The van der Waals surface area contributed by atoms with Gasteiger partial charge in [-0.15, -0.1) is 0 Å². The lowest BCUT2D eigenvalue weighted by Gasteiger charge is -2.34. The standard InChI is InChI=1S/C24H30F2N6O2/c1-15-4-7-22(34)32(15)23-21(26)13-27-24(29-23)28-16(2)18-5-6-19(20(25)12-18)14-30-8-10-31(11-9-30)17(3)33/h5-6,12-13,15-16H,4,7-11,14H2,1-3H3,(H,27,28,29)/t15-,16+/m1/s1. The van der Waals surface area contributed by atoms with E-state index in [0.29, 0.717) is 56.7 Å². The largest absolute Gasteiger partial charge is 0.348 e. The van der Waals surface area contributed by atoms with Crippen LogP contribution in [0, 0.1) is 11.6 Å². The number of rotatable bonds is 6. The van der Waals surface area contributed by atoms with Crippen LogP contribution in [0.25, 0.3) is 0 Å². The average molecular weight is 473 g/mol. The molecule has 0 bridgehead atoms. The number of nitrogens with zero attached hydrogens (tertiary/aromatic N) is 5. The number of carbonyl (C=O) groups is 2. The van der Waals surface area contributed by atoms with Gasteiger partial charge in [0.05, 0.1) is 12.2 Å². The van der Waals surface area contributed by atoms with Crippen molar-refractivity contribution >= 4 is 23.6 Å². The second-order valence-corrected chi connectivity index (χ2v) is 9.02. The predicted molar refractivity (Wildman–Crippen MR) is 124 cm³/mol. The van der Waals surface area contributed by atoms with E-state index >= 15 is 0 Å². The van der Waals surface area contributed by atoms with E-state index in [0.717, 1.165) is 6.20 Å². The number of hydrogen-bond acceptors (Lipinski definition) is 6. The fourth-order valence-electron chi connectivity index (χ4n) is 4.45. The molecular weight excluding hydrogens is 442 g/mol. The summed E-state index contributed by atoms with van der Waals surface area (Å²) in [5.41, 5.74) is 1.29. The maximum absolute atomic E-state index is 14.9. The van der Waals surface area contributed by atoms with E-state index < -0.39 is 5.82 Å². The van der Waals surface area contributed by atoms with Crippen molar-refractivity contribution in [2.45, 2.75) is 52.2 Å². The van der Waals surface area contributed by atoms with Crippen molar-refractivity contribution in [2.75, 3.05) is 36.4 Å². The Morgan fingerprint density at radius 3 is 2.56 bits per heavy atom. The van der Waals surface area contributed by atoms with Gasteiger partial charge in [0.15, 0.2) is 11.6 Å². The van der Waals surface area contributed by atoms with E-state index in [1.165, 1.54) is 11.0 Å². The molecule has 0 aliphatic carbocycles. The third kappa shape index (κ3) is 5.16. The van der Waals surface area contributed by atoms with Gasteiger partial charge in [-0.1, -0.05) is 12.1 Å². The maximum Gasteiger partial charge on any atom is 0.228 e. The maximum atomic E-state index is 14.9. The summed E-state index contributed by atoms with van der Waals surface area (Å²) in [5, 5.41) is 3.08. The molecule has 0 radical (unpaired) electrons. The van der Waals surface area contributed by atoms with Crippen LogP contribution in [-0.4, -0.2) is 63.8 Å². The summed E-state index contributed by atoms with van der Waals surface area (Å²) in [6, 6.07) is 4.62. The Morgan fingerprint density at radius 1 is 1.21 bits per heavy atom. The Bertz CT molecular complexity index is 1070. The molecule has 2 aliphatic rings. The van der Waals surface area contributed by atoms with Crippen LogP contribution in [0.5, 0.6) is 0 Å². The smallest absolute Gasteiger partial charge is 0.228 e. The van der Waals surface area contributed by atoms with Crippen molar-refractivity contribution in [3.63, 3.8) is 0 Å². The molecule has 2 amide bonds. The molecule has 1 N–H and O–H groups in total. The molecule has 0 unspecified atom stereocenters. The topological polar surface area (TPSA) is 81.7 Å². The molecule has 2 saturated heterocycles. The number of nitrogens with one attached hydrogen (secondary N) is 1. The summed E-state index contributed by atoms with van der Waals surface area (Å²) in [6.45, 7) is 8.46. The highest BCUT2D eigenvalue weighted by atomic mass is 19.1. The fourth-order valence-corrected chi connectivity index (χ4v) is 4.45. The van der Waals surface area contributed by atoms with Crippen LogP contribution in [0.15, 0.2) is 24.4 Å². The van der Waals surface area contributed by atoms with E-state index in [1.54, 1.807) is 17.9 Å².